The molecule has 102 valence electrons. The zero-order chi connectivity index (χ0) is 13.7. The Hall–Kier alpha value is -1.34. The second-order valence-corrected chi connectivity index (χ2v) is 5.71. The van der Waals surface area contributed by atoms with Gasteiger partial charge in [-0.25, -0.2) is 0 Å². The summed E-state index contributed by atoms with van der Waals surface area (Å²) in [6, 6.07) is 15.9. The molecule has 1 nitrogen and oxygen atoms in total. The van der Waals surface area contributed by atoms with Crippen LogP contribution in [0.2, 0.25) is 0 Å². The van der Waals surface area contributed by atoms with Crippen LogP contribution >= 0.6 is 0 Å². The normalized spacial score (nSPS) is 14.5. The third-order valence-electron chi connectivity index (χ3n) is 3.92. The number of nitrogens with one attached hydrogen (secondary N) is 1. The summed E-state index contributed by atoms with van der Waals surface area (Å²) in [6.07, 6.45) is 2.52. The molecule has 0 heterocycles. The van der Waals surface area contributed by atoms with E-state index in [2.05, 4.69) is 68.6 Å². The first-order valence-electron chi connectivity index (χ1n) is 7.40. The lowest BCUT2D eigenvalue weighted by Gasteiger charge is -2.17. The Balaban J connectivity index is 1.94. The standard InChI is InChI=1S/C18H25N/c1-4-14(2)11-15(3)19-13-16-9-10-17-7-5-6-8-18(17)12-16/h5-10,12,14-15,19H,4,11,13H2,1-3H3. The number of rotatable bonds is 6. The van der Waals surface area contributed by atoms with Crippen LogP contribution in [0.15, 0.2) is 42.5 Å². The van der Waals surface area contributed by atoms with Crippen LogP contribution < -0.4 is 5.32 Å². The van der Waals surface area contributed by atoms with Crippen molar-refractivity contribution >= 4 is 10.8 Å². The summed E-state index contributed by atoms with van der Waals surface area (Å²) in [5, 5.41) is 6.28. The van der Waals surface area contributed by atoms with Crippen LogP contribution in [0.3, 0.4) is 0 Å². The Morgan fingerprint density at radius 1 is 1.00 bits per heavy atom. The molecule has 1 N–H and O–H groups in total. The summed E-state index contributed by atoms with van der Waals surface area (Å²) in [7, 11) is 0. The molecule has 2 rings (SSSR count). The van der Waals surface area contributed by atoms with Gasteiger partial charge in [-0.2, -0.15) is 0 Å². The fourth-order valence-corrected chi connectivity index (χ4v) is 2.49. The highest BCUT2D eigenvalue weighted by Crippen LogP contribution is 2.16. The highest BCUT2D eigenvalue weighted by Gasteiger charge is 2.06. The second kappa shape index (κ2) is 6.72. The van der Waals surface area contributed by atoms with Gasteiger partial charge in [0.05, 0.1) is 0 Å². The minimum Gasteiger partial charge on any atom is -0.310 e. The molecule has 0 aliphatic heterocycles. The summed E-state index contributed by atoms with van der Waals surface area (Å²) in [5.74, 6) is 0.805. The van der Waals surface area contributed by atoms with Gasteiger partial charge in [0.15, 0.2) is 0 Å². The Morgan fingerprint density at radius 2 is 1.74 bits per heavy atom. The smallest absolute Gasteiger partial charge is 0.0208 e. The van der Waals surface area contributed by atoms with Gasteiger partial charge in [-0.1, -0.05) is 56.7 Å². The van der Waals surface area contributed by atoms with E-state index in [0.717, 1.165) is 12.5 Å². The Labute approximate surface area is 117 Å². The van der Waals surface area contributed by atoms with E-state index in [1.807, 2.05) is 0 Å². The maximum atomic E-state index is 3.63. The molecule has 2 unspecified atom stereocenters. The Kier molecular flexibility index (Phi) is 4.98. The van der Waals surface area contributed by atoms with Crippen LogP contribution in [0.25, 0.3) is 10.8 Å². The average Bonchev–Trinajstić information content (AvgIpc) is 2.44. The minimum atomic E-state index is 0.585. The third-order valence-corrected chi connectivity index (χ3v) is 3.92. The maximum Gasteiger partial charge on any atom is 0.0208 e. The molecule has 0 fully saturated rings. The van der Waals surface area contributed by atoms with Crippen molar-refractivity contribution in [2.45, 2.75) is 46.2 Å². The van der Waals surface area contributed by atoms with Gasteiger partial charge in [0.25, 0.3) is 0 Å². The van der Waals surface area contributed by atoms with E-state index in [1.165, 1.54) is 29.2 Å². The fraction of sp³-hybridized carbons (Fsp3) is 0.444. The average molecular weight is 255 g/mol. The first kappa shape index (κ1) is 14.1. The van der Waals surface area contributed by atoms with Gasteiger partial charge < -0.3 is 5.32 Å². The first-order chi connectivity index (χ1) is 9.19. The second-order valence-electron chi connectivity index (χ2n) is 5.71. The maximum absolute atomic E-state index is 3.63. The summed E-state index contributed by atoms with van der Waals surface area (Å²) in [5.41, 5.74) is 1.37. The van der Waals surface area contributed by atoms with Gasteiger partial charge in [0, 0.05) is 12.6 Å². The number of hydrogen-bond donors (Lipinski definition) is 1. The highest BCUT2D eigenvalue weighted by atomic mass is 14.9. The monoisotopic (exact) mass is 255 g/mol. The van der Waals surface area contributed by atoms with Crippen LogP contribution in [0.5, 0.6) is 0 Å². The fourth-order valence-electron chi connectivity index (χ4n) is 2.49. The van der Waals surface area contributed by atoms with E-state index in [0.29, 0.717) is 6.04 Å². The van der Waals surface area contributed by atoms with Crippen molar-refractivity contribution in [2.24, 2.45) is 5.92 Å². The largest absolute Gasteiger partial charge is 0.310 e. The molecule has 0 spiro atoms. The molecule has 19 heavy (non-hydrogen) atoms. The molecule has 2 aromatic rings. The van der Waals surface area contributed by atoms with Crippen LogP contribution in [-0.2, 0) is 6.54 Å². The van der Waals surface area contributed by atoms with Crippen LogP contribution in [0, 0.1) is 5.92 Å². The number of hydrogen-bond acceptors (Lipinski definition) is 1. The molecule has 0 amide bonds. The van der Waals surface area contributed by atoms with Crippen molar-refractivity contribution in [1.29, 1.82) is 0 Å². The quantitative estimate of drug-likeness (QED) is 0.785. The summed E-state index contributed by atoms with van der Waals surface area (Å²) in [4.78, 5) is 0. The molecule has 0 bridgehead atoms. The van der Waals surface area contributed by atoms with Gasteiger partial charge in [-0.15, -0.1) is 0 Å². The van der Waals surface area contributed by atoms with Gasteiger partial charge in [-0.3, -0.25) is 0 Å². The van der Waals surface area contributed by atoms with Crippen LogP contribution in [-0.4, -0.2) is 6.04 Å². The summed E-state index contributed by atoms with van der Waals surface area (Å²) in [6.45, 7) is 7.84. The lowest BCUT2D eigenvalue weighted by atomic mass is 10.00. The predicted molar refractivity (Wildman–Crippen MR) is 84.3 cm³/mol. The van der Waals surface area contributed by atoms with E-state index in [-0.39, 0.29) is 0 Å². The molecule has 0 saturated heterocycles. The molecule has 0 aliphatic carbocycles. The molecule has 1 heteroatoms. The lowest BCUT2D eigenvalue weighted by Crippen LogP contribution is -2.27. The van der Waals surface area contributed by atoms with E-state index in [9.17, 15) is 0 Å². The molecule has 2 atom stereocenters. The molecular formula is C18H25N. The predicted octanol–water partition coefficient (Wildman–Crippen LogP) is 4.75. The SMILES string of the molecule is CCC(C)CC(C)NCc1ccc2ccccc2c1. The van der Waals surface area contributed by atoms with Gasteiger partial charge in [0.1, 0.15) is 0 Å². The molecule has 2 aromatic carbocycles. The molecule has 0 aliphatic rings. The first-order valence-corrected chi connectivity index (χ1v) is 7.40. The van der Waals surface area contributed by atoms with Crippen LogP contribution in [0.1, 0.15) is 39.2 Å². The zero-order valence-corrected chi connectivity index (χ0v) is 12.3. The van der Waals surface area contributed by atoms with Gasteiger partial charge >= 0.3 is 0 Å². The summed E-state index contributed by atoms with van der Waals surface area (Å²) >= 11 is 0. The molecule has 0 aromatic heterocycles. The van der Waals surface area contributed by atoms with Crippen molar-refractivity contribution in [3.63, 3.8) is 0 Å². The molecular weight excluding hydrogens is 230 g/mol. The summed E-state index contributed by atoms with van der Waals surface area (Å²) < 4.78 is 0. The zero-order valence-electron chi connectivity index (χ0n) is 12.3. The topological polar surface area (TPSA) is 12.0 Å². The van der Waals surface area contributed by atoms with Crippen molar-refractivity contribution in [1.82, 2.24) is 5.32 Å². The lowest BCUT2D eigenvalue weighted by molar-refractivity contribution is 0.412. The van der Waals surface area contributed by atoms with Gasteiger partial charge in [-0.05, 0) is 41.7 Å². The van der Waals surface area contributed by atoms with Crippen LogP contribution in [0.4, 0.5) is 0 Å². The highest BCUT2D eigenvalue weighted by molar-refractivity contribution is 5.82. The van der Waals surface area contributed by atoms with E-state index >= 15 is 0 Å². The van der Waals surface area contributed by atoms with Crippen molar-refractivity contribution < 1.29 is 0 Å². The van der Waals surface area contributed by atoms with E-state index < -0.39 is 0 Å². The van der Waals surface area contributed by atoms with E-state index in [1.54, 1.807) is 0 Å². The number of benzene rings is 2. The minimum absolute atomic E-state index is 0.585. The molecule has 0 radical (unpaired) electrons. The van der Waals surface area contributed by atoms with Crippen molar-refractivity contribution in [3.05, 3.63) is 48.0 Å². The third kappa shape index (κ3) is 4.07. The Bertz CT molecular complexity index is 518. The number of fused-ring (bicyclic) bond motifs is 1. The van der Waals surface area contributed by atoms with Crippen molar-refractivity contribution in [3.8, 4) is 0 Å². The van der Waals surface area contributed by atoms with Crippen molar-refractivity contribution in [2.75, 3.05) is 0 Å². The van der Waals surface area contributed by atoms with E-state index in [4.69, 9.17) is 0 Å². The molecule has 0 saturated carbocycles. The van der Waals surface area contributed by atoms with Gasteiger partial charge in [0.2, 0.25) is 0 Å². The Morgan fingerprint density at radius 3 is 2.47 bits per heavy atom.